The number of fused-ring (bicyclic) bond motifs is 3. The number of methoxy groups -OCH3 is 1. The molecule has 0 spiro atoms. The van der Waals surface area contributed by atoms with Crippen LogP contribution in [-0.4, -0.2) is 42.0 Å². The van der Waals surface area contributed by atoms with Gasteiger partial charge in [0.15, 0.2) is 0 Å². The van der Waals surface area contributed by atoms with Gasteiger partial charge in [-0.25, -0.2) is 4.98 Å². The van der Waals surface area contributed by atoms with Crippen molar-refractivity contribution in [3.8, 4) is 5.75 Å². The quantitative estimate of drug-likeness (QED) is 0.491. The smallest absolute Gasteiger partial charge is 0.259 e. The normalized spacial score (nSPS) is 12.8. The van der Waals surface area contributed by atoms with Gasteiger partial charge in [-0.2, -0.15) is 0 Å². The summed E-state index contributed by atoms with van der Waals surface area (Å²) < 4.78 is 10.5. The Morgan fingerprint density at radius 2 is 2.23 bits per heavy atom. The maximum absolute atomic E-state index is 12.5. The zero-order valence-corrected chi connectivity index (χ0v) is 18.3. The molecule has 2 N–H and O–H groups in total. The van der Waals surface area contributed by atoms with E-state index in [1.165, 1.54) is 22.2 Å². The van der Waals surface area contributed by atoms with Gasteiger partial charge in [-0.3, -0.25) is 9.59 Å². The van der Waals surface area contributed by atoms with E-state index in [1.54, 1.807) is 24.5 Å². The second-order valence-corrected chi connectivity index (χ2v) is 9.03. The number of carbonyl (C=O) groups excluding carboxylic acids is 1. The highest BCUT2D eigenvalue weighted by atomic mass is 32.2. The van der Waals surface area contributed by atoms with Gasteiger partial charge in [0.2, 0.25) is 5.91 Å². The molecule has 0 fully saturated rings. The van der Waals surface area contributed by atoms with Crippen LogP contribution in [0, 0.1) is 0 Å². The summed E-state index contributed by atoms with van der Waals surface area (Å²) in [4.78, 5) is 34.4. The Balaban J connectivity index is 1.31. The molecule has 1 aliphatic rings. The highest BCUT2D eigenvalue weighted by Gasteiger charge is 2.21. The van der Waals surface area contributed by atoms with Gasteiger partial charge in [0, 0.05) is 23.7 Å². The molecule has 0 radical (unpaired) electrons. The fourth-order valence-electron chi connectivity index (χ4n) is 3.46. The number of ether oxygens (including phenoxy) is 2. The van der Waals surface area contributed by atoms with Crippen LogP contribution in [0.2, 0.25) is 0 Å². The van der Waals surface area contributed by atoms with Crippen LogP contribution in [-0.2, 0) is 28.1 Å². The van der Waals surface area contributed by atoms with Crippen molar-refractivity contribution in [1.29, 1.82) is 0 Å². The fourth-order valence-corrected chi connectivity index (χ4v) is 5.43. The Hall–Kier alpha value is -2.36. The van der Waals surface area contributed by atoms with E-state index in [4.69, 9.17) is 9.47 Å². The first kappa shape index (κ1) is 20.9. The van der Waals surface area contributed by atoms with Gasteiger partial charge < -0.3 is 19.8 Å². The van der Waals surface area contributed by atoms with Crippen LogP contribution >= 0.6 is 23.1 Å². The lowest BCUT2D eigenvalue weighted by atomic mass is 10.2. The van der Waals surface area contributed by atoms with Crippen molar-refractivity contribution < 1.29 is 14.3 Å². The number of benzene rings is 1. The number of hydrogen-bond donors (Lipinski definition) is 2. The predicted octanol–water partition coefficient (Wildman–Crippen LogP) is 3.37. The van der Waals surface area contributed by atoms with Crippen LogP contribution in [0.1, 0.15) is 22.7 Å². The average Bonchev–Trinajstić information content (AvgIpc) is 3.29. The summed E-state index contributed by atoms with van der Waals surface area (Å²) in [7, 11) is 1.62. The second kappa shape index (κ2) is 9.63. The van der Waals surface area contributed by atoms with Gasteiger partial charge in [-0.05, 0) is 37.0 Å². The minimum atomic E-state index is -0.118. The van der Waals surface area contributed by atoms with E-state index >= 15 is 0 Å². The number of aromatic nitrogens is 2. The molecule has 0 saturated heterocycles. The number of hydrogen-bond acceptors (Lipinski definition) is 7. The molecule has 1 aromatic carbocycles. The third-order valence-corrected chi connectivity index (χ3v) is 6.90. The summed E-state index contributed by atoms with van der Waals surface area (Å²) in [6.07, 6.45) is 3.12. The van der Waals surface area contributed by atoms with E-state index in [0.717, 1.165) is 29.5 Å². The van der Waals surface area contributed by atoms with Crippen LogP contribution in [0.4, 0.5) is 5.69 Å². The molecule has 7 nitrogen and oxygen atoms in total. The van der Waals surface area contributed by atoms with Crippen molar-refractivity contribution in [2.24, 2.45) is 0 Å². The highest BCUT2D eigenvalue weighted by molar-refractivity contribution is 7.99. The molecule has 1 aliphatic carbocycles. The van der Waals surface area contributed by atoms with Crippen molar-refractivity contribution in [3.05, 3.63) is 50.9 Å². The number of amides is 1. The van der Waals surface area contributed by atoms with Gasteiger partial charge >= 0.3 is 0 Å². The Morgan fingerprint density at radius 3 is 3.10 bits per heavy atom. The minimum Gasteiger partial charge on any atom is -0.491 e. The van der Waals surface area contributed by atoms with Crippen molar-refractivity contribution in [3.63, 3.8) is 0 Å². The summed E-state index contributed by atoms with van der Waals surface area (Å²) in [5, 5.41) is 3.62. The van der Waals surface area contributed by atoms with E-state index in [0.29, 0.717) is 36.2 Å². The average molecular weight is 446 g/mol. The van der Waals surface area contributed by atoms with Crippen molar-refractivity contribution in [2.75, 3.05) is 31.4 Å². The van der Waals surface area contributed by atoms with Crippen LogP contribution in [0.5, 0.6) is 5.75 Å². The molecule has 4 rings (SSSR count). The number of thioether (sulfide) groups is 1. The van der Waals surface area contributed by atoms with Crippen LogP contribution in [0.25, 0.3) is 10.2 Å². The Bertz CT molecular complexity index is 1110. The second-order valence-electron chi connectivity index (χ2n) is 6.96. The SMILES string of the molecule is COCCOc1cccc(NC(=O)CSCc2nc3sc4c(c3c(=O)[nH]2)CCC4)c1. The van der Waals surface area contributed by atoms with Gasteiger partial charge in [-0.15, -0.1) is 23.1 Å². The fraction of sp³-hybridized carbons (Fsp3) is 0.381. The van der Waals surface area contributed by atoms with Crippen molar-refractivity contribution >= 4 is 44.9 Å². The molecule has 30 heavy (non-hydrogen) atoms. The number of anilines is 1. The zero-order valence-electron chi connectivity index (χ0n) is 16.7. The van der Waals surface area contributed by atoms with E-state index < -0.39 is 0 Å². The van der Waals surface area contributed by atoms with E-state index in [-0.39, 0.29) is 17.2 Å². The summed E-state index contributed by atoms with van der Waals surface area (Å²) in [5.41, 5.74) is 1.79. The van der Waals surface area contributed by atoms with E-state index in [1.807, 2.05) is 18.2 Å². The number of nitrogens with one attached hydrogen (secondary N) is 2. The summed E-state index contributed by atoms with van der Waals surface area (Å²) >= 11 is 3.04. The molecule has 2 aromatic heterocycles. The lowest BCUT2D eigenvalue weighted by molar-refractivity contribution is -0.113. The molecule has 158 valence electrons. The first-order valence-corrected chi connectivity index (χ1v) is 11.7. The number of rotatable bonds is 9. The van der Waals surface area contributed by atoms with Crippen LogP contribution in [0.15, 0.2) is 29.1 Å². The highest BCUT2D eigenvalue weighted by Crippen LogP contribution is 2.34. The standard InChI is InChI=1S/C21H23N3O4S2/c1-27-8-9-28-14-5-2-4-13(10-14)22-18(25)12-29-11-17-23-20(26)19-15-6-3-7-16(15)30-21(19)24-17/h2,4-5,10H,3,6-9,11-12H2,1H3,(H,22,25)(H,23,24,26). The largest absolute Gasteiger partial charge is 0.491 e. The topological polar surface area (TPSA) is 93.3 Å². The maximum Gasteiger partial charge on any atom is 0.259 e. The Morgan fingerprint density at radius 1 is 1.33 bits per heavy atom. The molecular weight excluding hydrogens is 422 g/mol. The Labute approximate surface area is 182 Å². The van der Waals surface area contributed by atoms with Gasteiger partial charge in [0.1, 0.15) is 23.0 Å². The molecule has 0 bridgehead atoms. The molecule has 0 unspecified atom stereocenters. The molecule has 0 aliphatic heterocycles. The number of carbonyl (C=O) groups is 1. The molecular formula is C21H23N3O4S2. The van der Waals surface area contributed by atoms with Crippen molar-refractivity contribution in [1.82, 2.24) is 9.97 Å². The molecule has 9 heteroatoms. The number of nitrogens with zero attached hydrogens (tertiary/aromatic N) is 1. The predicted molar refractivity (Wildman–Crippen MR) is 121 cm³/mol. The van der Waals surface area contributed by atoms with Gasteiger partial charge in [0.05, 0.1) is 23.5 Å². The van der Waals surface area contributed by atoms with E-state index in [9.17, 15) is 9.59 Å². The molecule has 2 heterocycles. The first-order valence-electron chi connectivity index (χ1n) is 9.77. The summed E-state index contributed by atoms with van der Waals surface area (Å²) in [5.74, 6) is 1.90. The van der Waals surface area contributed by atoms with Crippen molar-refractivity contribution in [2.45, 2.75) is 25.0 Å². The van der Waals surface area contributed by atoms with Gasteiger partial charge in [-0.1, -0.05) is 6.07 Å². The Kier molecular flexibility index (Phi) is 6.71. The number of H-pyrrole nitrogens is 1. The molecule has 0 atom stereocenters. The maximum atomic E-state index is 12.5. The molecule has 1 amide bonds. The summed E-state index contributed by atoms with van der Waals surface area (Å²) in [6.45, 7) is 0.954. The third kappa shape index (κ3) is 4.85. The zero-order chi connectivity index (χ0) is 20.9. The molecule has 3 aromatic rings. The lowest BCUT2D eigenvalue weighted by Gasteiger charge is -2.09. The van der Waals surface area contributed by atoms with Gasteiger partial charge in [0.25, 0.3) is 5.56 Å². The van der Waals surface area contributed by atoms with Crippen LogP contribution in [0.3, 0.4) is 0 Å². The number of aryl methyl sites for hydroxylation is 2. The number of thiophene rings is 1. The summed E-state index contributed by atoms with van der Waals surface area (Å²) in [6, 6.07) is 7.25. The third-order valence-electron chi connectivity index (χ3n) is 4.77. The molecule has 0 saturated carbocycles. The van der Waals surface area contributed by atoms with E-state index in [2.05, 4.69) is 15.3 Å². The number of aromatic amines is 1. The minimum absolute atomic E-state index is 0.0651. The monoisotopic (exact) mass is 445 g/mol. The van der Waals surface area contributed by atoms with Crippen LogP contribution < -0.4 is 15.6 Å². The first-order chi connectivity index (χ1) is 14.6. The lowest BCUT2D eigenvalue weighted by Crippen LogP contribution is -2.15.